The van der Waals surface area contributed by atoms with Crippen LogP contribution >= 0.6 is 0 Å². The van der Waals surface area contributed by atoms with Gasteiger partial charge in [0, 0.05) is 17.1 Å². The van der Waals surface area contributed by atoms with Gasteiger partial charge in [0.2, 0.25) is 5.91 Å². The number of carbonyl (C=O) groups is 2. The Balaban J connectivity index is 1.85. The van der Waals surface area contributed by atoms with Gasteiger partial charge in [0.15, 0.2) is 9.84 Å². The minimum Gasteiger partial charge on any atom is -0.465 e. The first-order valence-corrected chi connectivity index (χ1v) is 11.2. The minimum atomic E-state index is -3.63. The molecule has 0 saturated carbocycles. The van der Waals surface area contributed by atoms with Crippen LogP contribution in [0.2, 0.25) is 0 Å². The number of benzene rings is 2. The molecule has 8 heteroatoms. The van der Waals surface area contributed by atoms with Gasteiger partial charge in [-0.3, -0.25) is 9.59 Å². The standard InChI is InChI=1S/C22H24N2O5S/c1-3-29-22(26)12-23-21(25)14-24-13-20(18-6-4-5-7-19(18)24)30(27,28)15-17-10-8-16(2)9-11-17/h4-11,13H,3,12,14-15H2,1-2H3,(H,23,25). The smallest absolute Gasteiger partial charge is 0.325 e. The largest absolute Gasteiger partial charge is 0.465 e. The van der Waals surface area contributed by atoms with Gasteiger partial charge in [-0.05, 0) is 25.5 Å². The first-order valence-electron chi connectivity index (χ1n) is 9.58. The van der Waals surface area contributed by atoms with E-state index in [0.717, 1.165) is 5.56 Å². The highest BCUT2D eigenvalue weighted by atomic mass is 32.2. The molecule has 0 aliphatic heterocycles. The van der Waals surface area contributed by atoms with E-state index in [-0.39, 0.29) is 30.3 Å². The number of fused-ring (bicyclic) bond motifs is 1. The van der Waals surface area contributed by atoms with E-state index in [4.69, 9.17) is 4.74 Å². The Morgan fingerprint density at radius 2 is 1.77 bits per heavy atom. The molecule has 158 valence electrons. The number of nitrogens with zero attached hydrogens (tertiary/aromatic N) is 1. The molecule has 2 aromatic carbocycles. The summed E-state index contributed by atoms with van der Waals surface area (Å²) in [6, 6.07) is 14.4. The minimum absolute atomic E-state index is 0.111. The molecule has 0 bridgehead atoms. The van der Waals surface area contributed by atoms with Crippen molar-refractivity contribution in [3.05, 3.63) is 65.9 Å². The van der Waals surface area contributed by atoms with E-state index in [1.54, 1.807) is 47.9 Å². The van der Waals surface area contributed by atoms with Gasteiger partial charge in [0.1, 0.15) is 13.1 Å². The number of aromatic nitrogens is 1. The maximum atomic E-state index is 13.1. The van der Waals surface area contributed by atoms with Crippen LogP contribution in [0.1, 0.15) is 18.1 Å². The van der Waals surface area contributed by atoms with Crippen LogP contribution in [0.15, 0.2) is 59.6 Å². The summed E-state index contributed by atoms with van der Waals surface area (Å²) in [4.78, 5) is 23.9. The Labute approximate surface area is 175 Å². The van der Waals surface area contributed by atoms with Crippen molar-refractivity contribution in [2.24, 2.45) is 0 Å². The zero-order valence-corrected chi connectivity index (χ0v) is 17.7. The van der Waals surface area contributed by atoms with Gasteiger partial charge >= 0.3 is 5.97 Å². The highest BCUT2D eigenvalue weighted by Gasteiger charge is 2.22. The molecule has 0 radical (unpaired) electrons. The Morgan fingerprint density at radius 3 is 2.47 bits per heavy atom. The number of hydrogen-bond donors (Lipinski definition) is 1. The Hall–Kier alpha value is -3.13. The second kappa shape index (κ2) is 9.13. The average Bonchev–Trinajstić information content (AvgIpc) is 3.08. The maximum absolute atomic E-state index is 13.1. The number of para-hydroxylation sites is 1. The van der Waals surface area contributed by atoms with Gasteiger partial charge in [-0.15, -0.1) is 0 Å². The zero-order valence-electron chi connectivity index (χ0n) is 16.9. The summed E-state index contributed by atoms with van der Waals surface area (Å²) in [5.41, 5.74) is 2.39. The van der Waals surface area contributed by atoms with Crippen molar-refractivity contribution in [2.45, 2.75) is 31.0 Å². The fourth-order valence-corrected chi connectivity index (χ4v) is 4.75. The molecule has 30 heavy (non-hydrogen) atoms. The zero-order chi connectivity index (χ0) is 21.7. The van der Waals surface area contributed by atoms with Crippen molar-refractivity contribution in [1.82, 2.24) is 9.88 Å². The summed E-state index contributed by atoms with van der Waals surface area (Å²) >= 11 is 0. The van der Waals surface area contributed by atoms with Crippen molar-refractivity contribution in [1.29, 1.82) is 0 Å². The molecule has 3 rings (SSSR count). The number of esters is 1. The van der Waals surface area contributed by atoms with Crippen LogP contribution in [0.25, 0.3) is 10.9 Å². The van der Waals surface area contributed by atoms with Gasteiger partial charge in [0.25, 0.3) is 0 Å². The molecule has 1 N–H and O–H groups in total. The topological polar surface area (TPSA) is 94.5 Å². The highest BCUT2D eigenvalue weighted by molar-refractivity contribution is 7.90. The van der Waals surface area contributed by atoms with Crippen molar-refractivity contribution < 1.29 is 22.7 Å². The molecule has 0 saturated heterocycles. The molecular formula is C22H24N2O5S. The van der Waals surface area contributed by atoms with Crippen LogP contribution in [-0.2, 0) is 36.5 Å². The van der Waals surface area contributed by atoms with E-state index in [9.17, 15) is 18.0 Å². The number of sulfone groups is 1. The third-order valence-electron chi connectivity index (χ3n) is 4.61. The lowest BCUT2D eigenvalue weighted by atomic mass is 10.2. The summed E-state index contributed by atoms with van der Waals surface area (Å²) in [5, 5.41) is 3.05. The van der Waals surface area contributed by atoms with Crippen molar-refractivity contribution in [3.8, 4) is 0 Å². The predicted octanol–water partition coefficient (Wildman–Crippen LogP) is 2.60. The second-order valence-electron chi connectivity index (χ2n) is 6.96. The molecule has 0 unspecified atom stereocenters. The van der Waals surface area contributed by atoms with Crippen molar-refractivity contribution in [3.63, 3.8) is 0 Å². The average molecular weight is 429 g/mol. The SMILES string of the molecule is CCOC(=O)CNC(=O)Cn1cc(S(=O)(=O)Cc2ccc(C)cc2)c2ccccc21. The number of carbonyl (C=O) groups excluding carboxylic acids is 2. The first-order chi connectivity index (χ1) is 14.3. The molecular weight excluding hydrogens is 404 g/mol. The Morgan fingerprint density at radius 1 is 1.07 bits per heavy atom. The summed E-state index contributed by atoms with van der Waals surface area (Å²) in [7, 11) is -3.63. The summed E-state index contributed by atoms with van der Waals surface area (Å²) in [6.45, 7) is 3.52. The monoisotopic (exact) mass is 428 g/mol. The van der Waals surface area contributed by atoms with Crippen LogP contribution in [0.3, 0.4) is 0 Å². The van der Waals surface area contributed by atoms with Crippen LogP contribution in [-0.4, -0.2) is 38.0 Å². The molecule has 0 aliphatic carbocycles. The van der Waals surface area contributed by atoms with Crippen LogP contribution in [0.4, 0.5) is 0 Å². The van der Waals surface area contributed by atoms with Gasteiger partial charge < -0.3 is 14.6 Å². The molecule has 0 aliphatic rings. The lowest BCUT2D eigenvalue weighted by molar-refractivity contribution is -0.143. The van der Waals surface area contributed by atoms with Gasteiger partial charge in [-0.1, -0.05) is 48.0 Å². The summed E-state index contributed by atoms with van der Waals surface area (Å²) in [6.07, 6.45) is 1.48. The Kier molecular flexibility index (Phi) is 6.56. The van der Waals surface area contributed by atoms with Gasteiger partial charge in [0.05, 0.1) is 17.3 Å². The molecule has 0 fully saturated rings. The second-order valence-corrected chi connectivity index (χ2v) is 8.92. The van der Waals surface area contributed by atoms with Crippen LogP contribution < -0.4 is 5.32 Å². The van der Waals surface area contributed by atoms with E-state index in [1.807, 2.05) is 19.1 Å². The number of amides is 1. The molecule has 1 heterocycles. The van der Waals surface area contributed by atoms with Crippen LogP contribution in [0, 0.1) is 6.92 Å². The van der Waals surface area contributed by atoms with E-state index < -0.39 is 21.7 Å². The third-order valence-corrected chi connectivity index (χ3v) is 6.32. The number of hydrogen-bond acceptors (Lipinski definition) is 5. The third kappa shape index (κ3) is 5.07. The molecule has 7 nitrogen and oxygen atoms in total. The van der Waals surface area contributed by atoms with E-state index in [0.29, 0.717) is 16.5 Å². The molecule has 1 aromatic heterocycles. The highest BCUT2D eigenvalue weighted by Crippen LogP contribution is 2.28. The van der Waals surface area contributed by atoms with Gasteiger partial charge in [-0.25, -0.2) is 8.42 Å². The fraction of sp³-hybridized carbons (Fsp3) is 0.273. The van der Waals surface area contributed by atoms with Crippen molar-refractivity contribution in [2.75, 3.05) is 13.2 Å². The van der Waals surface area contributed by atoms with E-state index >= 15 is 0 Å². The predicted molar refractivity (Wildman–Crippen MR) is 114 cm³/mol. The Bertz CT molecular complexity index is 1160. The van der Waals surface area contributed by atoms with Crippen LogP contribution in [0.5, 0.6) is 0 Å². The van der Waals surface area contributed by atoms with E-state index in [1.165, 1.54) is 6.20 Å². The number of rotatable bonds is 8. The number of ether oxygens (including phenoxy) is 1. The molecule has 3 aromatic rings. The summed E-state index contributed by atoms with van der Waals surface area (Å²) in [5.74, 6) is -1.06. The summed E-state index contributed by atoms with van der Waals surface area (Å²) < 4.78 is 32.6. The number of nitrogens with one attached hydrogen (secondary N) is 1. The molecule has 1 amide bonds. The first kappa shape index (κ1) is 21.6. The lowest BCUT2D eigenvalue weighted by Gasteiger charge is -2.07. The van der Waals surface area contributed by atoms with E-state index in [2.05, 4.69) is 5.32 Å². The van der Waals surface area contributed by atoms with Gasteiger partial charge in [-0.2, -0.15) is 0 Å². The normalized spacial score (nSPS) is 11.4. The maximum Gasteiger partial charge on any atom is 0.325 e. The number of aryl methyl sites for hydroxylation is 1. The van der Waals surface area contributed by atoms with Crippen molar-refractivity contribution >= 4 is 32.6 Å². The lowest BCUT2D eigenvalue weighted by Crippen LogP contribution is -2.33. The quantitative estimate of drug-likeness (QED) is 0.557. The molecule has 0 spiro atoms. The molecule has 0 atom stereocenters. The fourth-order valence-electron chi connectivity index (χ4n) is 3.17.